The molecule has 1 rings (SSSR count). The number of nitrogens with zero attached hydrogens (tertiary/aromatic N) is 2. The van der Waals surface area contributed by atoms with Gasteiger partial charge in [0, 0.05) is 6.66 Å². The summed E-state index contributed by atoms with van der Waals surface area (Å²) in [7, 11) is -1.01. The molecule has 0 aliphatic carbocycles. The van der Waals surface area contributed by atoms with Crippen LogP contribution in [-0.4, -0.2) is 6.66 Å². The molecule has 0 N–H and O–H groups in total. The second-order valence-corrected chi connectivity index (χ2v) is 2.86. The maximum absolute atomic E-state index is 8.20. The van der Waals surface area contributed by atoms with Crippen molar-refractivity contribution in [3.8, 4) is 6.07 Å². The Morgan fingerprint density at radius 3 is 3.00 bits per heavy atom. The molecule has 8 heavy (non-hydrogen) atoms. The molecule has 0 saturated heterocycles. The van der Waals surface area contributed by atoms with Crippen molar-refractivity contribution in [2.75, 3.05) is 6.66 Å². The molecule has 0 saturated carbocycles. The van der Waals surface area contributed by atoms with E-state index in [4.69, 9.17) is 9.79 Å². The van der Waals surface area contributed by atoms with Crippen molar-refractivity contribution in [1.82, 2.24) is 0 Å². The van der Waals surface area contributed by atoms with E-state index >= 15 is 0 Å². The molecule has 0 aromatic rings. The molecule has 4 heteroatoms. The molecule has 1 aliphatic heterocycles. The first kappa shape index (κ1) is 5.40. The van der Waals surface area contributed by atoms with Crippen molar-refractivity contribution in [1.29, 1.82) is 5.26 Å². The Morgan fingerprint density at radius 2 is 2.75 bits per heavy atom. The van der Waals surface area contributed by atoms with E-state index in [0.29, 0.717) is 5.76 Å². The van der Waals surface area contributed by atoms with Crippen LogP contribution in [0.1, 0.15) is 0 Å². The normalized spacial score (nSPS) is 25.0. The fourth-order valence-corrected chi connectivity index (χ4v) is 1.18. The van der Waals surface area contributed by atoms with Crippen LogP contribution in [-0.2, 0) is 4.52 Å². The topological polar surface area (TPSA) is 45.4 Å². The highest BCUT2D eigenvalue weighted by molar-refractivity contribution is 7.41. The minimum absolute atomic E-state index is 0.349. The molecule has 1 unspecified atom stereocenters. The average Bonchev–Trinajstić information content (AvgIpc) is 2.14. The first-order chi connectivity index (χ1) is 3.83. The first-order valence-corrected chi connectivity index (χ1v) is 4.01. The number of hydrogen-bond donors (Lipinski definition) is 0. The predicted octanol–water partition coefficient (Wildman–Crippen LogP) is 1.32. The molecule has 0 amide bonds. The molecule has 0 aromatic heterocycles. The van der Waals surface area contributed by atoms with Gasteiger partial charge in [-0.3, -0.25) is 0 Å². The van der Waals surface area contributed by atoms with E-state index < -0.39 is 7.94 Å². The van der Waals surface area contributed by atoms with E-state index in [9.17, 15) is 0 Å². The zero-order valence-corrected chi connectivity index (χ0v) is 5.38. The molecule has 1 heterocycles. The lowest BCUT2D eigenvalue weighted by Gasteiger charge is -1.91. The summed E-state index contributed by atoms with van der Waals surface area (Å²) in [5, 5.41) is 8.20. The fraction of sp³-hybridized carbons (Fsp3) is 0.250. The Kier molecular flexibility index (Phi) is 1.36. The van der Waals surface area contributed by atoms with Crippen LogP contribution in [0.3, 0.4) is 0 Å². The molecule has 1 atom stereocenters. The van der Waals surface area contributed by atoms with E-state index in [1.54, 1.807) is 0 Å². The van der Waals surface area contributed by atoms with E-state index in [2.05, 4.69) is 4.74 Å². The smallest absolute Gasteiger partial charge is 0.219 e. The molecule has 0 spiro atoms. The lowest BCUT2D eigenvalue weighted by Crippen LogP contribution is -1.69. The Labute approximate surface area is 48.1 Å². The number of allylic oxidation sites excluding steroid dienone is 1. The van der Waals surface area contributed by atoms with Gasteiger partial charge >= 0.3 is 0 Å². The Bertz CT molecular complexity index is 201. The van der Waals surface area contributed by atoms with Crippen molar-refractivity contribution < 1.29 is 4.52 Å². The SMILES string of the molecule is C[PH]1=NC=C(C#N)O1. The van der Waals surface area contributed by atoms with Gasteiger partial charge in [-0.1, -0.05) is 0 Å². The predicted molar refractivity (Wildman–Crippen MR) is 31.4 cm³/mol. The quantitative estimate of drug-likeness (QED) is 0.462. The fourth-order valence-electron chi connectivity index (χ4n) is 0.413. The molecule has 0 bridgehead atoms. The van der Waals surface area contributed by atoms with Gasteiger partial charge in [0.25, 0.3) is 0 Å². The summed E-state index contributed by atoms with van der Waals surface area (Å²) in [4.78, 5) is 0. The first-order valence-electron chi connectivity index (χ1n) is 2.15. The van der Waals surface area contributed by atoms with Crippen LogP contribution in [0, 0.1) is 11.3 Å². The summed E-state index contributed by atoms with van der Waals surface area (Å²) < 4.78 is 8.83. The van der Waals surface area contributed by atoms with Gasteiger partial charge in [-0.2, -0.15) is 5.26 Å². The van der Waals surface area contributed by atoms with Gasteiger partial charge in [-0.05, 0) is 0 Å². The summed E-state index contributed by atoms with van der Waals surface area (Å²) in [6.07, 6.45) is 1.48. The van der Waals surface area contributed by atoms with Gasteiger partial charge in [0.05, 0.1) is 6.20 Å². The van der Waals surface area contributed by atoms with E-state index in [-0.39, 0.29) is 0 Å². The summed E-state index contributed by atoms with van der Waals surface area (Å²) in [5.74, 6) is 0.349. The highest BCUT2D eigenvalue weighted by atomic mass is 31.1. The largest absolute Gasteiger partial charge is 0.450 e. The summed E-state index contributed by atoms with van der Waals surface area (Å²) in [5.41, 5.74) is 0. The third-order valence-corrected chi connectivity index (χ3v) is 1.74. The molecule has 1 aliphatic rings. The summed E-state index contributed by atoms with van der Waals surface area (Å²) >= 11 is 0. The Balaban J connectivity index is 2.66. The number of hydrogen-bond acceptors (Lipinski definition) is 3. The van der Waals surface area contributed by atoms with Crippen molar-refractivity contribution in [2.24, 2.45) is 4.74 Å². The van der Waals surface area contributed by atoms with Gasteiger partial charge in [0.1, 0.15) is 14.0 Å². The van der Waals surface area contributed by atoms with Gasteiger partial charge in [0.2, 0.25) is 5.76 Å². The minimum atomic E-state index is -1.01. The van der Waals surface area contributed by atoms with Crippen molar-refractivity contribution in [3.63, 3.8) is 0 Å². The zero-order chi connectivity index (χ0) is 5.98. The molecule has 3 nitrogen and oxygen atoms in total. The van der Waals surface area contributed by atoms with E-state index in [1.807, 2.05) is 12.7 Å². The highest BCUT2D eigenvalue weighted by Gasteiger charge is 2.01. The molecule has 42 valence electrons. The highest BCUT2D eigenvalue weighted by Crippen LogP contribution is 2.31. The van der Waals surface area contributed by atoms with Crippen LogP contribution in [0.15, 0.2) is 16.7 Å². The van der Waals surface area contributed by atoms with Crippen LogP contribution in [0.5, 0.6) is 0 Å². The van der Waals surface area contributed by atoms with E-state index in [1.165, 1.54) is 6.20 Å². The second kappa shape index (κ2) is 2.02. The van der Waals surface area contributed by atoms with Gasteiger partial charge in [-0.25, -0.2) is 4.74 Å². The Morgan fingerprint density at radius 1 is 2.00 bits per heavy atom. The minimum Gasteiger partial charge on any atom is -0.450 e. The summed E-state index contributed by atoms with van der Waals surface area (Å²) in [6.45, 7) is 1.88. The lowest BCUT2D eigenvalue weighted by molar-refractivity contribution is 0.518. The molecule has 0 fully saturated rings. The Hall–Kier alpha value is -0.740. The number of nitriles is 1. The maximum atomic E-state index is 8.20. The molecule has 0 aromatic carbocycles. The maximum Gasteiger partial charge on any atom is 0.219 e. The third-order valence-electron chi connectivity index (χ3n) is 0.731. The number of rotatable bonds is 0. The van der Waals surface area contributed by atoms with Crippen molar-refractivity contribution in [2.45, 2.75) is 0 Å². The van der Waals surface area contributed by atoms with Gasteiger partial charge in [-0.15, -0.1) is 0 Å². The monoisotopic (exact) mass is 128 g/mol. The molecule has 0 radical (unpaired) electrons. The van der Waals surface area contributed by atoms with Crippen molar-refractivity contribution in [3.05, 3.63) is 12.0 Å². The molecular formula is C4H5N2OP. The standard InChI is InChI=1S/C4H5N2OP/c1-8-6-3-4(2-5)7-8/h3,8H,1H3. The van der Waals surface area contributed by atoms with Crippen molar-refractivity contribution >= 4 is 7.94 Å². The van der Waals surface area contributed by atoms with Crippen LogP contribution in [0.4, 0.5) is 0 Å². The average molecular weight is 128 g/mol. The van der Waals surface area contributed by atoms with Crippen LogP contribution >= 0.6 is 7.94 Å². The van der Waals surface area contributed by atoms with Gasteiger partial charge < -0.3 is 4.52 Å². The van der Waals surface area contributed by atoms with Gasteiger partial charge in [0.15, 0.2) is 0 Å². The summed E-state index contributed by atoms with van der Waals surface area (Å²) in [6, 6.07) is 1.86. The van der Waals surface area contributed by atoms with Crippen LogP contribution < -0.4 is 0 Å². The lowest BCUT2D eigenvalue weighted by atomic mass is 10.6. The van der Waals surface area contributed by atoms with Crippen LogP contribution in [0.25, 0.3) is 0 Å². The third kappa shape index (κ3) is 0.907. The van der Waals surface area contributed by atoms with Crippen LogP contribution in [0.2, 0.25) is 0 Å². The van der Waals surface area contributed by atoms with E-state index in [0.717, 1.165) is 0 Å². The molecular weight excluding hydrogens is 123 g/mol. The second-order valence-electron chi connectivity index (χ2n) is 1.36. The zero-order valence-electron chi connectivity index (χ0n) is 4.38.